The Bertz CT molecular complexity index is 530. The van der Waals surface area contributed by atoms with Crippen LogP contribution in [0.25, 0.3) is 0 Å². The van der Waals surface area contributed by atoms with E-state index in [0.717, 1.165) is 14.9 Å². The van der Waals surface area contributed by atoms with Crippen LogP contribution in [0.4, 0.5) is 0 Å². The van der Waals surface area contributed by atoms with Gasteiger partial charge < -0.3 is 0 Å². The summed E-state index contributed by atoms with van der Waals surface area (Å²) in [6.45, 7) is 0. The van der Waals surface area contributed by atoms with Gasteiger partial charge >= 0.3 is 0 Å². The highest BCUT2D eigenvalue weighted by Crippen LogP contribution is 2.18. The van der Waals surface area contributed by atoms with Gasteiger partial charge in [0.25, 0.3) is 0 Å². The Morgan fingerprint density at radius 2 is 2.00 bits per heavy atom. The Labute approximate surface area is 119 Å². The molecule has 1 heterocycles. The Morgan fingerprint density at radius 3 is 2.72 bits per heavy atom. The minimum absolute atomic E-state index is 0.212. The molecular formula is C14H12BrNOS. The smallest absolute Gasteiger partial charge is 0.147 e. The van der Waals surface area contributed by atoms with Crippen LogP contribution in [0, 0.1) is 0 Å². The van der Waals surface area contributed by atoms with Crippen LogP contribution >= 0.6 is 27.7 Å². The maximum atomic E-state index is 11.8. The van der Waals surface area contributed by atoms with Crippen LogP contribution in [0.15, 0.2) is 58.2 Å². The molecule has 92 valence electrons. The summed E-state index contributed by atoms with van der Waals surface area (Å²) < 4.78 is 0.906. The molecule has 1 aromatic heterocycles. The highest BCUT2D eigenvalue weighted by Gasteiger charge is 2.05. The predicted molar refractivity (Wildman–Crippen MR) is 77.8 cm³/mol. The van der Waals surface area contributed by atoms with E-state index in [9.17, 15) is 4.79 Å². The SMILES string of the molecule is O=C(CSc1ccccc1)Cc1cncc(Br)c1. The van der Waals surface area contributed by atoms with Crippen LogP contribution in [-0.4, -0.2) is 16.5 Å². The first-order valence-electron chi connectivity index (χ1n) is 5.53. The lowest BCUT2D eigenvalue weighted by Crippen LogP contribution is -2.05. The third-order valence-electron chi connectivity index (χ3n) is 2.31. The summed E-state index contributed by atoms with van der Waals surface area (Å²) in [5, 5.41) is 0. The fourth-order valence-corrected chi connectivity index (χ4v) is 2.70. The summed E-state index contributed by atoms with van der Waals surface area (Å²) in [5.41, 5.74) is 0.947. The van der Waals surface area contributed by atoms with Crippen molar-refractivity contribution in [2.45, 2.75) is 11.3 Å². The minimum atomic E-state index is 0.212. The number of nitrogens with zero attached hydrogens (tertiary/aromatic N) is 1. The Hall–Kier alpha value is -1.13. The molecule has 0 bridgehead atoms. The zero-order chi connectivity index (χ0) is 12.8. The molecule has 18 heavy (non-hydrogen) atoms. The summed E-state index contributed by atoms with van der Waals surface area (Å²) in [5.74, 6) is 0.708. The number of aromatic nitrogens is 1. The standard InChI is InChI=1S/C14H12BrNOS/c15-12-6-11(8-16-9-12)7-13(17)10-18-14-4-2-1-3-5-14/h1-6,8-9H,7,10H2. The van der Waals surface area contributed by atoms with Gasteiger partial charge in [-0.15, -0.1) is 11.8 Å². The fourth-order valence-electron chi connectivity index (χ4n) is 1.51. The minimum Gasteiger partial charge on any atom is -0.298 e. The second kappa shape index (κ2) is 6.71. The van der Waals surface area contributed by atoms with Crippen molar-refractivity contribution in [3.8, 4) is 0 Å². The van der Waals surface area contributed by atoms with E-state index in [1.807, 2.05) is 36.4 Å². The van der Waals surface area contributed by atoms with Crippen molar-refractivity contribution in [2.75, 3.05) is 5.75 Å². The van der Waals surface area contributed by atoms with E-state index >= 15 is 0 Å². The molecule has 1 aromatic carbocycles. The molecule has 0 amide bonds. The average Bonchev–Trinajstić information content (AvgIpc) is 2.38. The van der Waals surface area contributed by atoms with E-state index in [-0.39, 0.29) is 5.78 Å². The highest BCUT2D eigenvalue weighted by molar-refractivity contribution is 9.10. The van der Waals surface area contributed by atoms with Crippen molar-refractivity contribution in [2.24, 2.45) is 0 Å². The molecule has 0 N–H and O–H groups in total. The Kier molecular flexibility index (Phi) is 4.96. The molecule has 0 unspecified atom stereocenters. The molecule has 0 saturated heterocycles. The maximum Gasteiger partial charge on any atom is 0.147 e. The quantitative estimate of drug-likeness (QED) is 0.786. The number of halogens is 1. The van der Waals surface area contributed by atoms with E-state index in [2.05, 4.69) is 20.9 Å². The second-order valence-electron chi connectivity index (χ2n) is 3.83. The summed E-state index contributed by atoms with van der Waals surface area (Å²) in [4.78, 5) is 17.0. The average molecular weight is 322 g/mol. The lowest BCUT2D eigenvalue weighted by Gasteiger charge is -2.02. The van der Waals surface area contributed by atoms with Gasteiger partial charge in [-0.05, 0) is 39.7 Å². The van der Waals surface area contributed by atoms with Gasteiger partial charge in [0.1, 0.15) is 5.78 Å². The number of hydrogen-bond donors (Lipinski definition) is 0. The van der Waals surface area contributed by atoms with Crippen molar-refractivity contribution in [3.63, 3.8) is 0 Å². The van der Waals surface area contributed by atoms with Crippen LogP contribution in [0.5, 0.6) is 0 Å². The van der Waals surface area contributed by atoms with E-state index < -0.39 is 0 Å². The van der Waals surface area contributed by atoms with Gasteiger partial charge in [-0.1, -0.05) is 18.2 Å². The highest BCUT2D eigenvalue weighted by atomic mass is 79.9. The van der Waals surface area contributed by atoms with Gasteiger partial charge in [0, 0.05) is 28.2 Å². The van der Waals surface area contributed by atoms with Crippen LogP contribution in [0.1, 0.15) is 5.56 Å². The van der Waals surface area contributed by atoms with Crippen LogP contribution in [0.2, 0.25) is 0 Å². The lowest BCUT2D eigenvalue weighted by molar-refractivity contribution is -0.116. The molecule has 0 spiro atoms. The van der Waals surface area contributed by atoms with E-state index in [1.165, 1.54) is 0 Å². The van der Waals surface area contributed by atoms with Crippen molar-refractivity contribution >= 4 is 33.5 Å². The van der Waals surface area contributed by atoms with Gasteiger partial charge in [-0.2, -0.15) is 0 Å². The van der Waals surface area contributed by atoms with Crippen molar-refractivity contribution in [1.82, 2.24) is 4.98 Å². The number of carbonyl (C=O) groups excluding carboxylic acids is 1. The third kappa shape index (κ3) is 4.27. The normalized spacial score (nSPS) is 10.3. The maximum absolute atomic E-state index is 11.8. The van der Waals surface area contributed by atoms with E-state index in [4.69, 9.17) is 0 Å². The summed E-state index contributed by atoms with van der Waals surface area (Å²) in [6, 6.07) is 11.9. The van der Waals surface area contributed by atoms with Gasteiger partial charge in [-0.25, -0.2) is 0 Å². The molecule has 0 saturated carbocycles. The summed E-state index contributed by atoms with van der Waals surface area (Å²) in [6.07, 6.45) is 3.88. The zero-order valence-electron chi connectivity index (χ0n) is 9.67. The fraction of sp³-hybridized carbons (Fsp3) is 0.143. The van der Waals surface area contributed by atoms with E-state index in [0.29, 0.717) is 12.2 Å². The third-order valence-corrected chi connectivity index (χ3v) is 3.81. The number of pyridine rings is 1. The Morgan fingerprint density at radius 1 is 1.22 bits per heavy atom. The topological polar surface area (TPSA) is 30.0 Å². The molecule has 0 fully saturated rings. The number of rotatable bonds is 5. The van der Waals surface area contributed by atoms with Crippen LogP contribution in [0.3, 0.4) is 0 Å². The second-order valence-corrected chi connectivity index (χ2v) is 5.79. The van der Waals surface area contributed by atoms with Crippen LogP contribution in [-0.2, 0) is 11.2 Å². The molecule has 0 aliphatic carbocycles. The number of thioether (sulfide) groups is 1. The largest absolute Gasteiger partial charge is 0.298 e. The first-order chi connectivity index (χ1) is 8.74. The molecule has 2 nitrogen and oxygen atoms in total. The monoisotopic (exact) mass is 321 g/mol. The zero-order valence-corrected chi connectivity index (χ0v) is 12.1. The number of benzene rings is 1. The summed E-state index contributed by atoms with van der Waals surface area (Å²) >= 11 is 4.92. The molecular weight excluding hydrogens is 310 g/mol. The molecule has 0 aliphatic rings. The first-order valence-corrected chi connectivity index (χ1v) is 7.31. The van der Waals surface area contributed by atoms with Crippen molar-refractivity contribution in [1.29, 1.82) is 0 Å². The molecule has 0 atom stereocenters. The number of Topliss-reactive ketones (excluding diaryl/α,β-unsaturated/α-hetero) is 1. The van der Waals surface area contributed by atoms with E-state index in [1.54, 1.807) is 24.2 Å². The van der Waals surface area contributed by atoms with Crippen molar-refractivity contribution in [3.05, 3.63) is 58.8 Å². The summed E-state index contributed by atoms with van der Waals surface area (Å²) in [7, 11) is 0. The molecule has 2 rings (SSSR count). The van der Waals surface area contributed by atoms with Crippen LogP contribution < -0.4 is 0 Å². The molecule has 0 radical (unpaired) electrons. The lowest BCUT2D eigenvalue weighted by atomic mass is 10.2. The predicted octanol–water partition coefficient (Wildman–Crippen LogP) is 3.75. The first kappa shape index (κ1) is 13.3. The van der Waals surface area contributed by atoms with Gasteiger partial charge in [-0.3, -0.25) is 9.78 Å². The van der Waals surface area contributed by atoms with Gasteiger partial charge in [0.15, 0.2) is 0 Å². The Balaban J connectivity index is 1.86. The molecule has 2 aromatic rings. The number of ketones is 1. The van der Waals surface area contributed by atoms with Gasteiger partial charge in [0.2, 0.25) is 0 Å². The number of carbonyl (C=O) groups is 1. The van der Waals surface area contributed by atoms with Gasteiger partial charge in [0.05, 0.1) is 5.75 Å². The number of hydrogen-bond acceptors (Lipinski definition) is 3. The molecule has 4 heteroatoms. The van der Waals surface area contributed by atoms with Crippen molar-refractivity contribution < 1.29 is 4.79 Å². The molecule has 0 aliphatic heterocycles.